The average Bonchev–Trinajstić information content (AvgIpc) is 3.27. The lowest BCUT2D eigenvalue weighted by atomic mass is 9.46. The number of hydrogen-bond donors (Lipinski definition) is 1. The van der Waals surface area contributed by atoms with E-state index < -0.39 is 0 Å². The van der Waals surface area contributed by atoms with E-state index in [-0.39, 0.29) is 11.3 Å². The van der Waals surface area contributed by atoms with Crippen molar-refractivity contribution in [3.63, 3.8) is 0 Å². The van der Waals surface area contributed by atoms with Crippen LogP contribution in [-0.4, -0.2) is 50.6 Å². The van der Waals surface area contributed by atoms with Crippen molar-refractivity contribution in [1.82, 2.24) is 10.2 Å². The molecule has 2 amide bonds. The van der Waals surface area contributed by atoms with E-state index in [1.807, 2.05) is 25.2 Å². The van der Waals surface area contributed by atoms with E-state index in [0.29, 0.717) is 47.1 Å². The van der Waals surface area contributed by atoms with E-state index in [1.54, 1.807) is 14.2 Å². The van der Waals surface area contributed by atoms with Crippen molar-refractivity contribution in [2.75, 3.05) is 27.8 Å². The van der Waals surface area contributed by atoms with Crippen LogP contribution in [0, 0.1) is 40.4 Å². The van der Waals surface area contributed by atoms with Crippen LogP contribution in [0.5, 0.6) is 11.5 Å². The largest absolute Gasteiger partial charge is 0.493 e. The van der Waals surface area contributed by atoms with Gasteiger partial charge in [-0.2, -0.15) is 0 Å². The molecule has 4 aliphatic rings. The van der Waals surface area contributed by atoms with Gasteiger partial charge in [0.25, 0.3) is 0 Å². The third-order valence-electron chi connectivity index (χ3n) is 11.8. The van der Waals surface area contributed by atoms with Crippen LogP contribution in [0.2, 0.25) is 0 Å². The summed E-state index contributed by atoms with van der Waals surface area (Å²) in [4.78, 5) is 27.4. The highest BCUT2D eigenvalue weighted by Crippen LogP contribution is 2.67. The van der Waals surface area contributed by atoms with E-state index >= 15 is 0 Å². The molecule has 2 unspecified atom stereocenters. The number of ether oxygens (including phenoxy) is 2. The molecule has 1 aliphatic heterocycles. The van der Waals surface area contributed by atoms with E-state index in [4.69, 9.17) is 9.47 Å². The topological polar surface area (TPSA) is 67.9 Å². The van der Waals surface area contributed by atoms with Crippen molar-refractivity contribution in [2.45, 2.75) is 84.6 Å². The second-order valence-corrected chi connectivity index (χ2v) is 13.4. The number of piperidine rings is 1. The van der Waals surface area contributed by atoms with Gasteiger partial charge in [-0.25, -0.2) is 0 Å². The molecule has 3 saturated carbocycles. The van der Waals surface area contributed by atoms with Crippen molar-refractivity contribution in [2.24, 2.45) is 40.4 Å². The molecule has 0 spiro atoms. The van der Waals surface area contributed by atoms with Crippen LogP contribution in [0.25, 0.3) is 0 Å². The molecule has 6 heteroatoms. The fourth-order valence-corrected chi connectivity index (χ4v) is 9.78. The quantitative estimate of drug-likeness (QED) is 0.513. The highest BCUT2D eigenvalue weighted by molar-refractivity contribution is 5.79. The van der Waals surface area contributed by atoms with E-state index in [0.717, 1.165) is 42.7 Å². The number of carbonyl (C=O) groups is 2. The van der Waals surface area contributed by atoms with Gasteiger partial charge in [-0.05, 0) is 103 Å². The summed E-state index contributed by atoms with van der Waals surface area (Å²) in [5.41, 5.74) is 1.56. The van der Waals surface area contributed by atoms with Crippen LogP contribution >= 0.6 is 0 Å². The van der Waals surface area contributed by atoms with Gasteiger partial charge >= 0.3 is 0 Å². The van der Waals surface area contributed by atoms with Gasteiger partial charge in [0.05, 0.1) is 20.6 Å². The first kappa shape index (κ1) is 27.3. The van der Waals surface area contributed by atoms with Crippen molar-refractivity contribution >= 4 is 11.8 Å². The molecule has 0 aromatic heterocycles. The Kier molecular flexibility index (Phi) is 7.47. The highest BCUT2D eigenvalue weighted by Gasteiger charge is 2.61. The third-order valence-corrected chi connectivity index (χ3v) is 11.8. The predicted molar refractivity (Wildman–Crippen MR) is 149 cm³/mol. The van der Waals surface area contributed by atoms with E-state index in [1.165, 1.54) is 38.5 Å². The van der Waals surface area contributed by atoms with E-state index in [2.05, 4.69) is 31.0 Å². The van der Waals surface area contributed by atoms with Crippen LogP contribution in [0.4, 0.5) is 0 Å². The number of benzene rings is 1. The van der Waals surface area contributed by atoms with Crippen LogP contribution in [0.3, 0.4) is 0 Å². The first-order chi connectivity index (χ1) is 18.1. The SMILES string of the molecule is COc1ccc(CC(=O)NCC(C)[C@H]2CC[C@H]3[C@@H]4CCC5N(C)C(=O)CC[C@]5(C)[C@H]4CC[C@]23C)cc1OC. The first-order valence-electron chi connectivity index (χ1n) is 14.9. The Morgan fingerprint density at radius 1 is 1.03 bits per heavy atom. The number of nitrogens with one attached hydrogen (secondary N) is 1. The summed E-state index contributed by atoms with van der Waals surface area (Å²) in [5, 5.41) is 3.25. The van der Waals surface area contributed by atoms with Crippen LogP contribution in [0.15, 0.2) is 18.2 Å². The Morgan fingerprint density at radius 3 is 2.50 bits per heavy atom. The molecule has 0 radical (unpaired) electrons. The highest BCUT2D eigenvalue weighted by atomic mass is 16.5. The molecule has 8 atom stereocenters. The number of methoxy groups -OCH3 is 2. The molecule has 5 rings (SSSR count). The van der Waals surface area contributed by atoms with Crippen molar-refractivity contribution in [1.29, 1.82) is 0 Å². The Bertz CT molecular complexity index is 1060. The van der Waals surface area contributed by atoms with Gasteiger partial charge in [0, 0.05) is 26.1 Å². The maximum atomic E-state index is 12.8. The molecule has 1 aromatic carbocycles. The summed E-state index contributed by atoms with van der Waals surface area (Å²) in [6, 6.07) is 6.10. The average molecular weight is 525 g/mol. The van der Waals surface area contributed by atoms with Gasteiger partial charge in [-0.15, -0.1) is 0 Å². The van der Waals surface area contributed by atoms with Gasteiger partial charge in [-0.3, -0.25) is 9.59 Å². The standard InChI is InChI=1S/C32H48N2O4/c1-20(19-33-29(35)18-21-7-11-26(37-5)27(17-21)38-6)23-9-10-24-22-8-12-28-32(3,16-14-30(36)34(28)4)25(22)13-15-31(23,24)2/h7,11,17,20,22-25,28H,8-10,12-16,18-19H2,1-6H3,(H,33,35)/t20?,22-,23+,24-,25-,28?,31+,32+/m0/s1. The number of amides is 2. The number of likely N-dealkylation sites (tertiary alicyclic amines) is 1. The molecule has 4 fully saturated rings. The van der Waals surface area contributed by atoms with E-state index in [9.17, 15) is 9.59 Å². The molecule has 210 valence electrons. The van der Waals surface area contributed by atoms with Gasteiger partial charge in [0.15, 0.2) is 11.5 Å². The van der Waals surface area contributed by atoms with Crippen molar-refractivity contribution in [3.8, 4) is 11.5 Å². The summed E-state index contributed by atoms with van der Waals surface area (Å²) in [6.45, 7) is 8.16. The summed E-state index contributed by atoms with van der Waals surface area (Å²) >= 11 is 0. The second kappa shape index (κ2) is 10.4. The summed E-state index contributed by atoms with van der Waals surface area (Å²) in [6.07, 6.45) is 9.74. The first-order valence-corrected chi connectivity index (χ1v) is 14.9. The zero-order chi connectivity index (χ0) is 27.2. The smallest absolute Gasteiger partial charge is 0.224 e. The van der Waals surface area contributed by atoms with Crippen molar-refractivity contribution in [3.05, 3.63) is 23.8 Å². The molecule has 1 aromatic rings. The Balaban J connectivity index is 1.21. The Labute approximate surface area is 229 Å². The molecule has 1 heterocycles. The fraction of sp³-hybridized carbons (Fsp3) is 0.750. The molecule has 6 nitrogen and oxygen atoms in total. The number of nitrogens with zero attached hydrogens (tertiary/aromatic N) is 1. The molecule has 38 heavy (non-hydrogen) atoms. The normalized spacial score (nSPS) is 37.1. The second-order valence-electron chi connectivity index (χ2n) is 13.4. The molecule has 3 aliphatic carbocycles. The summed E-state index contributed by atoms with van der Waals surface area (Å²) < 4.78 is 10.7. The third kappa shape index (κ3) is 4.50. The summed E-state index contributed by atoms with van der Waals surface area (Å²) in [5.74, 6) is 5.15. The van der Waals surface area contributed by atoms with Gasteiger partial charge < -0.3 is 19.7 Å². The zero-order valence-electron chi connectivity index (χ0n) is 24.3. The lowest BCUT2D eigenvalue weighted by Crippen LogP contribution is -2.61. The zero-order valence-corrected chi connectivity index (χ0v) is 24.3. The molecule has 1 saturated heterocycles. The number of rotatable bonds is 7. The lowest BCUT2D eigenvalue weighted by Gasteiger charge is -2.62. The van der Waals surface area contributed by atoms with Gasteiger partial charge in [-0.1, -0.05) is 26.8 Å². The minimum absolute atomic E-state index is 0.0645. The number of fused-ring (bicyclic) bond motifs is 5. The monoisotopic (exact) mass is 524 g/mol. The number of hydrogen-bond acceptors (Lipinski definition) is 4. The Morgan fingerprint density at radius 2 is 1.76 bits per heavy atom. The van der Waals surface area contributed by atoms with Crippen molar-refractivity contribution < 1.29 is 19.1 Å². The number of carbonyl (C=O) groups excluding carboxylic acids is 2. The predicted octanol–water partition coefficient (Wildman–Crippen LogP) is 5.48. The minimum atomic E-state index is 0.0645. The fourth-order valence-electron chi connectivity index (χ4n) is 9.78. The molecular formula is C32H48N2O4. The molecular weight excluding hydrogens is 476 g/mol. The minimum Gasteiger partial charge on any atom is -0.493 e. The summed E-state index contributed by atoms with van der Waals surface area (Å²) in [7, 11) is 5.28. The molecule has 1 N–H and O–H groups in total. The molecule has 0 bridgehead atoms. The van der Waals surface area contributed by atoms with Gasteiger partial charge in [0.2, 0.25) is 11.8 Å². The lowest BCUT2D eigenvalue weighted by molar-refractivity contribution is -0.158. The maximum Gasteiger partial charge on any atom is 0.224 e. The Hall–Kier alpha value is -2.24. The maximum absolute atomic E-state index is 12.8. The van der Waals surface area contributed by atoms with Crippen LogP contribution in [-0.2, 0) is 16.0 Å². The van der Waals surface area contributed by atoms with Crippen LogP contribution < -0.4 is 14.8 Å². The van der Waals surface area contributed by atoms with Crippen LogP contribution in [0.1, 0.15) is 77.7 Å². The van der Waals surface area contributed by atoms with Gasteiger partial charge in [0.1, 0.15) is 0 Å².